The summed E-state index contributed by atoms with van der Waals surface area (Å²) >= 11 is 0. The van der Waals surface area contributed by atoms with Crippen LogP contribution in [0, 0.1) is 0 Å². The van der Waals surface area contributed by atoms with E-state index in [1.165, 1.54) is 19.3 Å². The van der Waals surface area contributed by atoms with Crippen molar-refractivity contribution in [3.8, 4) is 0 Å². The summed E-state index contributed by atoms with van der Waals surface area (Å²) in [6.07, 6.45) is 3.92. The van der Waals surface area contributed by atoms with Crippen LogP contribution < -0.4 is 10.2 Å². The molecule has 1 amide bonds. The van der Waals surface area contributed by atoms with Gasteiger partial charge in [-0.25, -0.2) is 4.79 Å². The first kappa shape index (κ1) is 18.0. The van der Waals surface area contributed by atoms with E-state index >= 15 is 0 Å². The minimum Gasteiger partial charge on any atom is -0.480 e. The van der Waals surface area contributed by atoms with E-state index in [2.05, 4.69) is 10.2 Å². The molecule has 1 aliphatic rings. The maximum Gasteiger partial charge on any atom is 0.326 e. The quantitative estimate of drug-likeness (QED) is 0.838. The number of rotatable bonds is 6. The summed E-state index contributed by atoms with van der Waals surface area (Å²) in [7, 11) is 0. The molecule has 1 atom stereocenters. The van der Waals surface area contributed by atoms with Gasteiger partial charge < -0.3 is 15.3 Å². The van der Waals surface area contributed by atoms with Gasteiger partial charge in [-0.15, -0.1) is 0 Å². The third-order valence-electron chi connectivity index (χ3n) is 4.74. The smallest absolute Gasteiger partial charge is 0.326 e. The van der Waals surface area contributed by atoms with Gasteiger partial charge in [-0.1, -0.05) is 30.3 Å². The van der Waals surface area contributed by atoms with Crippen LogP contribution in [0.25, 0.3) is 0 Å². The average Bonchev–Trinajstić information content (AvgIpc) is 2.69. The summed E-state index contributed by atoms with van der Waals surface area (Å²) < 4.78 is 0. The standard InChI is InChI=1S/C21H24N2O3/c24-20(22-19(21(25)26)15-16-7-3-1-4-8-16)17-9-11-18(12-10-17)23-13-5-2-6-14-23/h1,3-4,7-12,19H,2,5-6,13-15H2,(H,22,24)(H,25,26)/t19-/m1/s1. The molecule has 26 heavy (non-hydrogen) atoms. The Kier molecular flexibility index (Phi) is 5.89. The molecule has 0 bridgehead atoms. The molecule has 0 radical (unpaired) electrons. The Bertz CT molecular complexity index is 738. The lowest BCUT2D eigenvalue weighted by atomic mass is 10.1. The van der Waals surface area contributed by atoms with Gasteiger partial charge in [0.05, 0.1) is 0 Å². The van der Waals surface area contributed by atoms with Crippen molar-refractivity contribution in [2.45, 2.75) is 31.7 Å². The van der Waals surface area contributed by atoms with Crippen LogP contribution in [0.2, 0.25) is 0 Å². The number of carbonyl (C=O) groups is 2. The van der Waals surface area contributed by atoms with Crippen molar-refractivity contribution >= 4 is 17.6 Å². The van der Waals surface area contributed by atoms with Gasteiger partial charge in [-0.05, 0) is 49.1 Å². The molecular formula is C21H24N2O3. The lowest BCUT2D eigenvalue weighted by Gasteiger charge is -2.28. The lowest BCUT2D eigenvalue weighted by molar-refractivity contribution is -0.139. The van der Waals surface area contributed by atoms with Crippen LogP contribution in [0.5, 0.6) is 0 Å². The first-order valence-electron chi connectivity index (χ1n) is 9.06. The maximum atomic E-state index is 12.4. The highest BCUT2D eigenvalue weighted by Crippen LogP contribution is 2.20. The van der Waals surface area contributed by atoms with E-state index in [1.54, 1.807) is 12.1 Å². The van der Waals surface area contributed by atoms with E-state index in [9.17, 15) is 14.7 Å². The molecule has 0 unspecified atom stereocenters. The van der Waals surface area contributed by atoms with E-state index < -0.39 is 12.0 Å². The van der Waals surface area contributed by atoms with E-state index in [1.807, 2.05) is 42.5 Å². The predicted octanol–water partition coefficient (Wildman–Crippen LogP) is 3.10. The number of benzene rings is 2. The Hall–Kier alpha value is -2.82. The Morgan fingerprint density at radius 1 is 0.962 bits per heavy atom. The maximum absolute atomic E-state index is 12.4. The summed E-state index contributed by atoms with van der Waals surface area (Å²) in [5.74, 6) is -1.40. The molecule has 3 rings (SSSR count). The molecule has 136 valence electrons. The van der Waals surface area contributed by atoms with Crippen molar-refractivity contribution < 1.29 is 14.7 Å². The second-order valence-corrected chi connectivity index (χ2v) is 6.65. The number of carboxylic acid groups (broad SMARTS) is 1. The van der Waals surface area contributed by atoms with Crippen LogP contribution >= 0.6 is 0 Å². The third-order valence-corrected chi connectivity index (χ3v) is 4.74. The van der Waals surface area contributed by atoms with E-state index in [4.69, 9.17) is 0 Å². The molecule has 2 N–H and O–H groups in total. The zero-order chi connectivity index (χ0) is 18.4. The minimum atomic E-state index is -1.04. The Morgan fingerprint density at radius 3 is 2.23 bits per heavy atom. The van der Waals surface area contributed by atoms with Crippen LogP contribution in [0.3, 0.4) is 0 Å². The molecule has 1 saturated heterocycles. The number of anilines is 1. The SMILES string of the molecule is O=C(N[C@H](Cc1ccccc1)C(=O)O)c1ccc(N2CCCCC2)cc1. The predicted molar refractivity (Wildman–Crippen MR) is 102 cm³/mol. The molecule has 0 saturated carbocycles. The topological polar surface area (TPSA) is 69.6 Å². The van der Waals surface area contributed by atoms with Crippen LogP contribution in [0.4, 0.5) is 5.69 Å². The highest BCUT2D eigenvalue weighted by atomic mass is 16.4. The van der Waals surface area contributed by atoms with Crippen LogP contribution in [-0.2, 0) is 11.2 Å². The summed E-state index contributed by atoms with van der Waals surface area (Å²) in [6, 6.07) is 15.8. The molecule has 0 aromatic heterocycles. The number of hydrogen-bond donors (Lipinski definition) is 2. The number of nitrogens with one attached hydrogen (secondary N) is 1. The van der Waals surface area contributed by atoms with Gasteiger partial charge in [-0.3, -0.25) is 4.79 Å². The third kappa shape index (κ3) is 4.63. The van der Waals surface area contributed by atoms with Gasteiger partial charge in [0.1, 0.15) is 6.04 Å². The number of carboxylic acids is 1. The molecular weight excluding hydrogens is 328 g/mol. The monoisotopic (exact) mass is 352 g/mol. The van der Waals surface area contributed by atoms with Gasteiger partial charge in [0.25, 0.3) is 5.91 Å². The summed E-state index contributed by atoms with van der Waals surface area (Å²) in [5, 5.41) is 12.1. The van der Waals surface area contributed by atoms with Gasteiger partial charge >= 0.3 is 5.97 Å². The van der Waals surface area contributed by atoms with Crippen molar-refractivity contribution in [2.24, 2.45) is 0 Å². The summed E-state index contributed by atoms with van der Waals surface area (Å²) in [4.78, 5) is 26.3. The van der Waals surface area contributed by atoms with Gasteiger partial charge in [0.2, 0.25) is 0 Å². The number of amides is 1. The molecule has 2 aromatic rings. The van der Waals surface area contributed by atoms with Gasteiger partial charge in [-0.2, -0.15) is 0 Å². The van der Waals surface area contributed by atoms with Crippen molar-refractivity contribution in [1.29, 1.82) is 0 Å². The molecule has 5 nitrogen and oxygen atoms in total. The first-order chi connectivity index (χ1) is 12.6. The fourth-order valence-electron chi connectivity index (χ4n) is 3.27. The fraction of sp³-hybridized carbons (Fsp3) is 0.333. The average molecular weight is 352 g/mol. The number of carbonyl (C=O) groups excluding carboxylic acids is 1. The zero-order valence-corrected chi connectivity index (χ0v) is 14.7. The summed E-state index contributed by atoms with van der Waals surface area (Å²) in [6.45, 7) is 2.09. The summed E-state index contributed by atoms with van der Waals surface area (Å²) in [5.41, 5.74) is 2.46. The number of piperidine rings is 1. The fourth-order valence-corrected chi connectivity index (χ4v) is 3.27. The molecule has 0 spiro atoms. The molecule has 1 fully saturated rings. The van der Waals surface area contributed by atoms with Crippen molar-refractivity contribution in [1.82, 2.24) is 5.32 Å². The largest absolute Gasteiger partial charge is 0.480 e. The van der Waals surface area contributed by atoms with E-state index in [0.29, 0.717) is 5.56 Å². The minimum absolute atomic E-state index is 0.258. The first-order valence-corrected chi connectivity index (χ1v) is 9.06. The molecule has 5 heteroatoms. The van der Waals surface area contributed by atoms with E-state index in [0.717, 1.165) is 24.3 Å². The van der Waals surface area contributed by atoms with Gasteiger partial charge in [0, 0.05) is 30.8 Å². The zero-order valence-electron chi connectivity index (χ0n) is 14.7. The van der Waals surface area contributed by atoms with Crippen molar-refractivity contribution in [2.75, 3.05) is 18.0 Å². The van der Waals surface area contributed by atoms with Crippen LogP contribution in [0.1, 0.15) is 35.2 Å². The second kappa shape index (κ2) is 8.52. The molecule has 0 aliphatic carbocycles. The van der Waals surface area contributed by atoms with Crippen LogP contribution in [-0.4, -0.2) is 36.1 Å². The molecule has 1 aliphatic heterocycles. The Balaban J connectivity index is 1.64. The normalized spacial score (nSPS) is 15.3. The number of aliphatic carboxylic acids is 1. The van der Waals surface area contributed by atoms with Crippen LogP contribution in [0.15, 0.2) is 54.6 Å². The molecule has 1 heterocycles. The lowest BCUT2D eigenvalue weighted by Crippen LogP contribution is -2.42. The highest BCUT2D eigenvalue weighted by molar-refractivity contribution is 5.96. The number of nitrogens with zero attached hydrogens (tertiary/aromatic N) is 1. The Morgan fingerprint density at radius 2 is 1.62 bits per heavy atom. The van der Waals surface area contributed by atoms with Crippen molar-refractivity contribution in [3.63, 3.8) is 0 Å². The van der Waals surface area contributed by atoms with Gasteiger partial charge in [0.15, 0.2) is 0 Å². The second-order valence-electron chi connectivity index (χ2n) is 6.65. The number of hydrogen-bond acceptors (Lipinski definition) is 3. The van der Waals surface area contributed by atoms with E-state index in [-0.39, 0.29) is 12.3 Å². The van der Waals surface area contributed by atoms with Crippen molar-refractivity contribution in [3.05, 3.63) is 65.7 Å². The Labute approximate surface area is 153 Å². The highest BCUT2D eigenvalue weighted by Gasteiger charge is 2.21. The molecule has 2 aromatic carbocycles.